The summed E-state index contributed by atoms with van der Waals surface area (Å²) < 4.78 is 29.5. The third-order valence-electron chi connectivity index (χ3n) is 4.29. The van der Waals surface area contributed by atoms with Gasteiger partial charge >= 0.3 is 18.5 Å². The van der Waals surface area contributed by atoms with Crippen LogP contribution in [-0.2, 0) is 10.3 Å². The van der Waals surface area contributed by atoms with Crippen LogP contribution in [0.1, 0.15) is 16.7 Å². The molecule has 0 saturated heterocycles. The molecule has 1 atom stereocenters. The number of carbonyl (C=O) groups excluding carboxylic acids is 1. The van der Waals surface area contributed by atoms with Crippen molar-refractivity contribution in [1.29, 1.82) is 0 Å². The van der Waals surface area contributed by atoms with Gasteiger partial charge in [-0.3, -0.25) is 15.5 Å². The monoisotopic (exact) mass is 381 g/mol. The summed E-state index contributed by atoms with van der Waals surface area (Å²) >= 11 is 6.00. The Morgan fingerprint density at radius 3 is 2.54 bits per heavy atom. The van der Waals surface area contributed by atoms with Gasteiger partial charge in [0.25, 0.3) is 0 Å². The van der Waals surface area contributed by atoms with Gasteiger partial charge < -0.3 is 4.74 Å². The molecule has 1 aromatic heterocycles. The Morgan fingerprint density at radius 1 is 1.31 bits per heavy atom. The molecule has 1 aliphatic heterocycles. The van der Waals surface area contributed by atoms with E-state index in [0.717, 1.165) is 0 Å². The molecule has 3 N–H and O–H groups in total. The maximum absolute atomic E-state index is 13.1. The minimum Gasteiger partial charge on any atom is -0.435 e. The van der Waals surface area contributed by atoms with Crippen molar-refractivity contribution in [2.45, 2.75) is 19.1 Å². The summed E-state index contributed by atoms with van der Waals surface area (Å²) in [6.07, 6.45) is 1.48. The number of ether oxygens (including phenoxy) is 1. The Balaban J connectivity index is 2.21. The number of amides is 1. The summed E-state index contributed by atoms with van der Waals surface area (Å²) in [4.78, 5) is 21.3. The number of alkyl halides is 2. The lowest BCUT2D eigenvalue weighted by Crippen LogP contribution is -2.85. The molecule has 0 bridgehead atoms. The van der Waals surface area contributed by atoms with Gasteiger partial charge in [0, 0.05) is 17.3 Å². The molecule has 1 amide bonds. The SMILES string of the molecule is Cc1cc(C2(c3ccnc(Cl)c3)[NH+]=C(N)N(C)C2=O)ccc1OC(F)F. The average Bonchev–Trinajstić information content (AvgIpc) is 2.81. The summed E-state index contributed by atoms with van der Waals surface area (Å²) in [5, 5.41) is 0.207. The van der Waals surface area contributed by atoms with Crippen LogP contribution in [0, 0.1) is 6.92 Å². The largest absolute Gasteiger partial charge is 0.435 e. The van der Waals surface area contributed by atoms with Crippen LogP contribution in [-0.4, -0.2) is 35.4 Å². The predicted octanol–water partition coefficient (Wildman–Crippen LogP) is 0.756. The Labute approximate surface area is 153 Å². The smallest absolute Gasteiger partial charge is 0.387 e. The topological polar surface area (TPSA) is 82.4 Å². The van der Waals surface area contributed by atoms with Gasteiger partial charge in [-0.15, -0.1) is 0 Å². The second-order valence-electron chi connectivity index (χ2n) is 5.85. The number of hydrogen-bond donors (Lipinski definition) is 2. The van der Waals surface area contributed by atoms with Crippen molar-refractivity contribution in [3.05, 3.63) is 58.4 Å². The first-order chi connectivity index (χ1) is 12.3. The number of halogens is 3. The van der Waals surface area contributed by atoms with Gasteiger partial charge in [-0.05, 0) is 36.8 Å². The quantitative estimate of drug-likeness (QED) is 0.766. The van der Waals surface area contributed by atoms with E-state index in [1.54, 1.807) is 25.1 Å². The zero-order valence-corrected chi connectivity index (χ0v) is 14.7. The standard InChI is InChI=1S/C17H15ClF2N4O2/c1-9-7-10(3-4-12(9)26-15(19)20)17(11-5-6-22-13(18)8-11)14(25)24(2)16(21)23-17/h3-8,15H,1-2H3,(H2,21,23)/p+1. The summed E-state index contributed by atoms with van der Waals surface area (Å²) in [5.41, 5.74) is 6.07. The van der Waals surface area contributed by atoms with E-state index in [0.29, 0.717) is 16.7 Å². The first kappa shape index (κ1) is 18.1. The van der Waals surface area contributed by atoms with E-state index in [2.05, 4.69) is 14.7 Å². The van der Waals surface area contributed by atoms with Gasteiger partial charge in [-0.2, -0.15) is 8.78 Å². The molecule has 1 aliphatic rings. The van der Waals surface area contributed by atoms with E-state index < -0.39 is 12.2 Å². The van der Waals surface area contributed by atoms with E-state index in [9.17, 15) is 13.6 Å². The number of guanidine groups is 1. The summed E-state index contributed by atoms with van der Waals surface area (Å²) in [7, 11) is 1.54. The molecule has 1 aromatic carbocycles. The fraction of sp³-hybridized carbons (Fsp3) is 0.235. The van der Waals surface area contributed by atoms with E-state index in [1.165, 1.54) is 30.3 Å². The molecule has 136 valence electrons. The third-order valence-corrected chi connectivity index (χ3v) is 4.49. The molecule has 0 spiro atoms. The lowest BCUT2D eigenvalue weighted by molar-refractivity contribution is -0.525. The first-order valence-corrected chi connectivity index (χ1v) is 8.00. The number of hydrogen-bond acceptors (Lipinski definition) is 4. The van der Waals surface area contributed by atoms with E-state index in [1.807, 2.05) is 0 Å². The summed E-state index contributed by atoms with van der Waals surface area (Å²) in [6.45, 7) is -1.32. The predicted molar refractivity (Wildman–Crippen MR) is 90.8 cm³/mol. The zero-order valence-electron chi connectivity index (χ0n) is 14.0. The molecule has 26 heavy (non-hydrogen) atoms. The fourth-order valence-electron chi connectivity index (χ4n) is 2.99. The molecule has 0 fully saturated rings. The summed E-state index contributed by atoms with van der Waals surface area (Å²) in [5.74, 6) is -0.143. The van der Waals surface area contributed by atoms with Crippen LogP contribution in [0.25, 0.3) is 0 Å². The van der Waals surface area contributed by atoms with Gasteiger partial charge in [0.05, 0.1) is 7.05 Å². The minimum atomic E-state index is -2.94. The van der Waals surface area contributed by atoms with Gasteiger partial charge in [0.2, 0.25) is 5.54 Å². The number of nitrogens with one attached hydrogen (secondary N) is 1. The van der Waals surface area contributed by atoms with Crippen molar-refractivity contribution < 1.29 is 23.3 Å². The molecule has 1 unspecified atom stereocenters. The Hall–Kier alpha value is -2.74. The number of aryl methyl sites for hydroxylation is 1. The fourth-order valence-corrected chi connectivity index (χ4v) is 3.17. The molecule has 6 nitrogen and oxygen atoms in total. The van der Waals surface area contributed by atoms with E-state index in [4.69, 9.17) is 17.3 Å². The van der Waals surface area contributed by atoms with Crippen molar-refractivity contribution in [3.63, 3.8) is 0 Å². The third kappa shape index (κ3) is 2.86. The Morgan fingerprint density at radius 2 is 2.00 bits per heavy atom. The van der Waals surface area contributed by atoms with Crippen molar-refractivity contribution >= 4 is 23.5 Å². The highest BCUT2D eigenvalue weighted by atomic mass is 35.5. The van der Waals surface area contributed by atoms with Crippen molar-refractivity contribution in [2.75, 3.05) is 7.05 Å². The highest BCUT2D eigenvalue weighted by molar-refractivity contribution is 6.29. The molecule has 0 aliphatic carbocycles. The van der Waals surface area contributed by atoms with Crippen LogP contribution >= 0.6 is 11.6 Å². The second-order valence-corrected chi connectivity index (χ2v) is 6.24. The zero-order chi connectivity index (χ0) is 19.1. The maximum Gasteiger partial charge on any atom is 0.387 e. The normalized spacial score (nSPS) is 19.8. The number of aromatic nitrogens is 1. The molecule has 0 saturated carbocycles. The van der Waals surface area contributed by atoms with Crippen LogP contribution < -0.4 is 15.5 Å². The van der Waals surface area contributed by atoms with Gasteiger partial charge in [0.15, 0.2) is 0 Å². The second kappa shape index (κ2) is 6.53. The molecule has 2 aromatic rings. The molecule has 2 heterocycles. The lowest BCUT2D eigenvalue weighted by Gasteiger charge is -2.24. The van der Waals surface area contributed by atoms with Crippen LogP contribution in [0.5, 0.6) is 5.75 Å². The Kier molecular flexibility index (Phi) is 4.53. The number of rotatable bonds is 4. The molecule has 3 rings (SSSR count). The van der Waals surface area contributed by atoms with Crippen LogP contribution in [0.15, 0.2) is 36.5 Å². The van der Waals surface area contributed by atoms with E-state index >= 15 is 0 Å². The number of nitrogens with zero attached hydrogens (tertiary/aromatic N) is 2. The van der Waals surface area contributed by atoms with Crippen LogP contribution in [0.4, 0.5) is 8.78 Å². The average molecular weight is 382 g/mol. The van der Waals surface area contributed by atoms with Gasteiger partial charge in [0.1, 0.15) is 10.9 Å². The number of benzene rings is 1. The minimum absolute atomic E-state index is 0.0300. The molecular formula is C17H16ClF2N4O2+. The maximum atomic E-state index is 13.1. The molecule has 9 heteroatoms. The van der Waals surface area contributed by atoms with Crippen molar-refractivity contribution in [3.8, 4) is 5.75 Å². The Bertz CT molecular complexity index is 906. The van der Waals surface area contributed by atoms with Crippen molar-refractivity contribution in [1.82, 2.24) is 9.88 Å². The van der Waals surface area contributed by atoms with Crippen LogP contribution in [0.2, 0.25) is 5.15 Å². The highest BCUT2D eigenvalue weighted by Crippen LogP contribution is 2.33. The van der Waals surface area contributed by atoms with Crippen LogP contribution in [0.3, 0.4) is 0 Å². The summed E-state index contributed by atoms with van der Waals surface area (Å²) in [6, 6.07) is 7.73. The lowest BCUT2D eigenvalue weighted by atomic mass is 9.82. The van der Waals surface area contributed by atoms with Gasteiger partial charge in [-0.25, -0.2) is 9.88 Å². The number of likely N-dealkylation sites (N-methyl/N-ethyl adjacent to an activating group) is 1. The van der Waals surface area contributed by atoms with Crippen molar-refractivity contribution in [2.24, 2.45) is 5.73 Å². The van der Waals surface area contributed by atoms with Gasteiger partial charge in [-0.1, -0.05) is 17.7 Å². The molecule has 0 radical (unpaired) electrons. The number of nitrogens with two attached hydrogens (primary N) is 1. The molecular weight excluding hydrogens is 366 g/mol. The number of carbonyl (C=O) groups is 1. The highest BCUT2D eigenvalue weighted by Gasteiger charge is 2.54. The van der Waals surface area contributed by atoms with E-state index in [-0.39, 0.29) is 22.8 Å². The number of pyridine rings is 1. The first-order valence-electron chi connectivity index (χ1n) is 7.62.